The van der Waals surface area contributed by atoms with E-state index >= 15 is 0 Å². The number of para-hydroxylation sites is 3. The molecule has 0 unspecified atom stereocenters. The first kappa shape index (κ1) is 15.2. The van der Waals surface area contributed by atoms with Gasteiger partial charge in [0, 0.05) is 25.4 Å². The average Bonchev–Trinajstić information content (AvgIpc) is 3.02. The summed E-state index contributed by atoms with van der Waals surface area (Å²) in [5, 5.41) is 9.73. The molecular formula is C20H16N4O. The van der Waals surface area contributed by atoms with Gasteiger partial charge in [0.05, 0.1) is 17.1 Å². The predicted molar refractivity (Wildman–Crippen MR) is 96.5 cm³/mol. The van der Waals surface area contributed by atoms with Crippen molar-refractivity contribution in [3.63, 3.8) is 0 Å². The van der Waals surface area contributed by atoms with Gasteiger partial charge >= 0.3 is 0 Å². The van der Waals surface area contributed by atoms with Crippen molar-refractivity contribution in [2.45, 2.75) is 5.92 Å². The van der Waals surface area contributed by atoms with Crippen molar-refractivity contribution in [1.29, 1.82) is 5.26 Å². The molecule has 3 aromatic rings. The molecule has 0 aliphatic carbocycles. The molecule has 1 aliphatic rings. The van der Waals surface area contributed by atoms with Crippen molar-refractivity contribution in [2.75, 3.05) is 18.5 Å². The van der Waals surface area contributed by atoms with Gasteiger partial charge in [0.15, 0.2) is 0 Å². The fourth-order valence-electron chi connectivity index (χ4n) is 3.27. The molecule has 0 N–H and O–H groups in total. The molecule has 2 aromatic carbocycles. The van der Waals surface area contributed by atoms with Crippen LogP contribution in [0.2, 0.25) is 0 Å². The van der Waals surface area contributed by atoms with Crippen molar-refractivity contribution < 1.29 is 4.79 Å². The number of fused-ring (bicyclic) bond motifs is 3. The van der Waals surface area contributed by atoms with E-state index in [4.69, 9.17) is 0 Å². The Balaban J connectivity index is 1.73. The minimum atomic E-state index is -0.531. The fourth-order valence-corrected chi connectivity index (χ4v) is 3.27. The maximum absolute atomic E-state index is 12.7. The number of hydrogen-bond donors (Lipinski definition) is 0. The van der Waals surface area contributed by atoms with Crippen LogP contribution in [0.25, 0.3) is 11.0 Å². The van der Waals surface area contributed by atoms with E-state index in [0.29, 0.717) is 12.4 Å². The van der Waals surface area contributed by atoms with E-state index in [-0.39, 0.29) is 5.91 Å². The molecule has 0 saturated carbocycles. The third-order valence-corrected chi connectivity index (χ3v) is 4.49. The van der Waals surface area contributed by atoms with E-state index in [0.717, 1.165) is 22.3 Å². The molecule has 122 valence electrons. The van der Waals surface area contributed by atoms with Crippen LogP contribution in [0.15, 0.2) is 66.2 Å². The summed E-state index contributed by atoms with van der Waals surface area (Å²) in [6.45, 7) is 0.497. The average molecular weight is 328 g/mol. The number of carbonyl (C=O) groups is 1. The maximum Gasteiger partial charge on any atom is 0.256 e. The van der Waals surface area contributed by atoms with Crippen LogP contribution in [0.5, 0.6) is 0 Å². The Morgan fingerprint density at radius 3 is 2.64 bits per heavy atom. The Labute approximate surface area is 145 Å². The molecule has 0 fully saturated rings. The van der Waals surface area contributed by atoms with Crippen LogP contribution >= 0.6 is 0 Å². The van der Waals surface area contributed by atoms with Crippen molar-refractivity contribution in [2.24, 2.45) is 0 Å². The number of anilines is 1. The number of nitriles is 1. The molecule has 4 rings (SSSR count). The van der Waals surface area contributed by atoms with E-state index < -0.39 is 5.92 Å². The second-order valence-corrected chi connectivity index (χ2v) is 6.11. The number of aromatic nitrogens is 2. The van der Waals surface area contributed by atoms with E-state index in [1.54, 1.807) is 10.6 Å². The predicted octanol–water partition coefficient (Wildman–Crippen LogP) is 3.36. The van der Waals surface area contributed by atoms with Gasteiger partial charge in [-0.3, -0.25) is 9.36 Å². The molecule has 0 saturated heterocycles. The molecule has 1 aliphatic heterocycles. The van der Waals surface area contributed by atoms with E-state index in [1.165, 1.54) is 0 Å². The van der Waals surface area contributed by atoms with Crippen molar-refractivity contribution in [1.82, 2.24) is 9.55 Å². The molecule has 2 heterocycles. The second-order valence-electron chi connectivity index (χ2n) is 6.11. The van der Waals surface area contributed by atoms with Gasteiger partial charge in [-0.1, -0.05) is 30.3 Å². The molecule has 1 aromatic heterocycles. The number of likely N-dealkylation sites (N-methyl/N-ethyl adjacent to an activating group) is 1. The summed E-state index contributed by atoms with van der Waals surface area (Å²) < 4.78 is 1.55. The summed E-state index contributed by atoms with van der Waals surface area (Å²) in [5.41, 5.74) is 3.28. The number of carbonyl (C=O) groups excluding carboxylic acids is 1. The number of nitrogens with zero attached hydrogens (tertiary/aromatic N) is 4. The van der Waals surface area contributed by atoms with Gasteiger partial charge in [0.25, 0.3) is 5.91 Å². The monoisotopic (exact) mass is 328 g/mol. The van der Waals surface area contributed by atoms with Gasteiger partial charge in [0.1, 0.15) is 11.7 Å². The van der Waals surface area contributed by atoms with Gasteiger partial charge in [-0.2, -0.15) is 5.26 Å². The first-order valence-electron chi connectivity index (χ1n) is 8.07. The van der Waals surface area contributed by atoms with E-state index in [9.17, 15) is 10.1 Å². The lowest BCUT2D eigenvalue weighted by atomic mass is 9.95. The van der Waals surface area contributed by atoms with Crippen LogP contribution in [-0.4, -0.2) is 29.1 Å². The molecule has 0 bridgehead atoms. The standard InChI is InChI=1S/C20H16N4O/c1-23(15-7-3-2-4-8-15)13-14-11-19(25)24-18-10-6-5-9-17(18)22-20(24)16(14)12-21/h2-11,16H,13H2,1H3/t16-/m1/s1. The molecule has 0 spiro atoms. The van der Waals surface area contributed by atoms with Crippen molar-refractivity contribution >= 4 is 22.6 Å². The topological polar surface area (TPSA) is 61.9 Å². The Morgan fingerprint density at radius 2 is 1.88 bits per heavy atom. The summed E-state index contributed by atoms with van der Waals surface area (Å²) >= 11 is 0. The molecule has 25 heavy (non-hydrogen) atoms. The molecular weight excluding hydrogens is 312 g/mol. The lowest BCUT2D eigenvalue weighted by molar-refractivity contribution is 0.0964. The van der Waals surface area contributed by atoms with Crippen molar-refractivity contribution in [3.8, 4) is 6.07 Å². The van der Waals surface area contributed by atoms with Crippen molar-refractivity contribution in [3.05, 3.63) is 72.1 Å². The normalized spacial score (nSPS) is 16.2. The van der Waals surface area contributed by atoms with Crippen LogP contribution in [0.3, 0.4) is 0 Å². The molecule has 5 nitrogen and oxygen atoms in total. The number of imidazole rings is 1. The van der Waals surface area contributed by atoms with Crippen LogP contribution in [0.4, 0.5) is 5.69 Å². The Morgan fingerprint density at radius 1 is 1.16 bits per heavy atom. The number of hydrogen-bond acceptors (Lipinski definition) is 4. The number of rotatable bonds is 3. The minimum absolute atomic E-state index is 0.147. The Bertz CT molecular complexity index is 1030. The quantitative estimate of drug-likeness (QED) is 0.739. The van der Waals surface area contributed by atoms with Gasteiger partial charge < -0.3 is 4.90 Å². The molecule has 1 atom stereocenters. The first-order valence-corrected chi connectivity index (χ1v) is 8.07. The minimum Gasteiger partial charge on any atom is -0.371 e. The zero-order valence-electron chi connectivity index (χ0n) is 13.8. The third-order valence-electron chi connectivity index (χ3n) is 4.49. The molecule has 0 radical (unpaired) electrons. The zero-order chi connectivity index (χ0) is 17.4. The summed E-state index contributed by atoms with van der Waals surface area (Å²) in [6.07, 6.45) is 1.58. The number of benzene rings is 2. The SMILES string of the molecule is CN(CC1=CC(=O)n2c(nc3ccccc32)[C@@H]1C#N)c1ccccc1. The number of allylic oxidation sites excluding steroid dienone is 1. The van der Waals surface area contributed by atoms with Gasteiger partial charge in [-0.05, 0) is 29.8 Å². The van der Waals surface area contributed by atoms with E-state index in [2.05, 4.69) is 11.1 Å². The summed E-state index contributed by atoms with van der Waals surface area (Å²) in [6, 6.07) is 19.7. The highest BCUT2D eigenvalue weighted by molar-refractivity contribution is 5.99. The maximum atomic E-state index is 12.7. The van der Waals surface area contributed by atoms with Crippen LogP contribution in [0.1, 0.15) is 16.5 Å². The summed E-state index contributed by atoms with van der Waals surface area (Å²) in [4.78, 5) is 19.2. The third kappa shape index (κ3) is 2.48. The zero-order valence-corrected chi connectivity index (χ0v) is 13.8. The fraction of sp³-hybridized carbons (Fsp3) is 0.150. The summed E-state index contributed by atoms with van der Waals surface area (Å²) in [5.74, 6) is -0.171. The van der Waals surface area contributed by atoms with Gasteiger partial charge in [-0.15, -0.1) is 0 Å². The lowest BCUT2D eigenvalue weighted by Crippen LogP contribution is -2.28. The highest BCUT2D eigenvalue weighted by atomic mass is 16.2. The molecule has 5 heteroatoms. The molecule has 0 amide bonds. The van der Waals surface area contributed by atoms with Crippen LogP contribution in [0, 0.1) is 11.3 Å². The Kier molecular flexibility index (Phi) is 3.58. The highest BCUT2D eigenvalue weighted by Crippen LogP contribution is 2.32. The van der Waals surface area contributed by atoms with Crippen LogP contribution in [-0.2, 0) is 0 Å². The van der Waals surface area contributed by atoms with Gasteiger partial charge in [-0.25, -0.2) is 4.98 Å². The van der Waals surface area contributed by atoms with E-state index in [1.807, 2.05) is 66.5 Å². The second kappa shape index (κ2) is 5.91. The largest absolute Gasteiger partial charge is 0.371 e. The first-order chi connectivity index (χ1) is 12.2. The summed E-state index contributed by atoms with van der Waals surface area (Å²) in [7, 11) is 1.95. The van der Waals surface area contributed by atoms with Gasteiger partial charge in [0.2, 0.25) is 0 Å². The lowest BCUT2D eigenvalue weighted by Gasteiger charge is -2.25. The highest BCUT2D eigenvalue weighted by Gasteiger charge is 2.31. The smallest absolute Gasteiger partial charge is 0.256 e. The van der Waals surface area contributed by atoms with Crippen LogP contribution < -0.4 is 4.90 Å². The Hall–Kier alpha value is -3.39.